The van der Waals surface area contributed by atoms with Crippen molar-refractivity contribution in [2.45, 2.75) is 20.3 Å². The number of nitrogens with one attached hydrogen (secondary N) is 2. The van der Waals surface area contributed by atoms with Gasteiger partial charge in [0, 0.05) is 6.54 Å². The van der Waals surface area contributed by atoms with Crippen LogP contribution in [0.4, 0.5) is 11.5 Å². The smallest absolute Gasteiger partial charge is 0.337 e. The van der Waals surface area contributed by atoms with Crippen LogP contribution in [0.15, 0.2) is 30.6 Å². The number of halogens is 1. The van der Waals surface area contributed by atoms with Crippen LogP contribution in [0, 0.1) is 5.92 Å². The van der Waals surface area contributed by atoms with E-state index in [1.54, 1.807) is 18.2 Å². The van der Waals surface area contributed by atoms with Crippen LogP contribution in [0.1, 0.15) is 41.1 Å². The zero-order valence-corrected chi connectivity index (χ0v) is 15.6. The number of benzene rings is 1. The molecule has 2 N–H and O–H groups in total. The van der Waals surface area contributed by atoms with Crippen molar-refractivity contribution in [1.29, 1.82) is 0 Å². The summed E-state index contributed by atoms with van der Waals surface area (Å²) in [5, 5.41) is 6.18. The third kappa shape index (κ3) is 5.42. The number of rotatable bonds is 7. The molecule has 2 aromatic rings. The molecule has 2 rings (SSSR count). The van der Waals surface area contributed by atoms with Gasteiger partial charge in [-0.25, -0.2) is 14.8 Å². The van der Waals surface area contributed by atoms with E-state index in [-0.39, 0.29) is 11.6 Å². The van der Waals surface area contributed by atoms with E-state index in [4.69, 9.17) is 11.6 Å². The zero-order chi connectivity index (χ0) is 19.1. The minimum absolute atomic E-state index is 0.230. The Labute approximate surface area is 157 Å². The van der Waals surface area contributed by atoms with Crippen molar-refractivity contribution in [2.24, 2.45) is 5.92 Å². The molecule has 7 nitrogen and oxygen atoms in total. The first-order chi connectivity index (χ1) is 12.4. The van der Waals surface area contributed by atoms with Crippen LogP contribution in [0.5, 0.6) is 0 Å². The molecule has 0 spiro atoms. The third-order valence-corrected chi connectivity index (χ3v) is 3.87. The van der Waals surface area contributed by atoms with Gasteiger partial charge in [-0.05, 0) is 30.5 Å². The van der Waals surface area contributed by atoms with E-state index in [1.165, 1.54) is 19.5 Å². The number of esters is 1. The number of amides is 1. The number of carbonyl (C=O) groups excluding carboxylic acids is 2. The maximum Gasteiger partial charge on any atom is 0.337 e. The fraction of sp³-hybridized carbons (Fsp3) is 0.333. The molecule has 0 bridgehead atoms. The summed E-state index contributed by atoms with van der Waals surface area (Å²) in [5.74, 6) is 0.172. The molecule has 1 heterocycles. The molecule has 1 aromatic heterocycles. The molecule has 8 heteroatoms. The summed E-state index contributed by atoms with van der Waals surface area (Å²) in [6.07, 6.45) is 3.71. The zero-order valence-electron chi connectivity index (χ0n) is 14.9. The lowest BCUT2D eigenvalue weighted by molar-refractivity contribution is 0.0600. The Morgan fingerprint density at radius 3 is 2.62 bits per heavy atom. The van der Waals surface area contributed by atoms with Gasteiger partial charge in [-0.1, -0.05) is 25.4 Å². The topological polar surface area (TPSA) is 93.2 Å². The molecule has 1 aromatic carbocycles. The first kappa shape index (κ1) is 19.7. The van der Waals surface area contributed by atoms with Gasteiger partial charge in [0.05, 0.1) is 35.8 Å². The van der Waals surface area contributed by atoms with Gasteiger partial charge < -0.3 is 15.4 Å². The lowest BCUT2D eigenvalue weighted by Crippen LogP contribution is -2.26. The second-order valence-electron chi connectivity index (χ2n) is 6.04. The number of ether oxygens (including phenoxy) is 1. The van der Waals surface area contributed by atoms with E-state index >= 15 is 0 Å². The quantitative estimate of drug-likeness (QED) is 0.719. The Bertz CT molecular complexity index is 779. The number of carbonyl (C=O) groups is 2. The monoisotopic (exact) mass is 376 g/mol. The first-order valence-corrected chi connectivity index (χ1v) is 8.53. The minimum atomic E-state index is -0.468. The third-order valence-electron chi connectivity index (χ3n) is 3.54. The molecule has 26 heavy (non-hydrogen) atoms. The maximum atomic E-state index is 12.0. The van der Waals surface area contributed by atoms with E-state index in [2.05, 4.69) is 39.2 Å². The van der Waals surface area contributed by atoms with Crippen LogP contribution in [0.25, 0.3) is 0 Å². The fourth-order valence-electron chi connectivity index (χ4n) is 2.08. The molecule has 0 unspecified atom stereocenters. The fourth-order valence-corrected chi connectivity index (χ4v) is 2.24. The summed E-state index contributed by atoms with van der Waals surface area (Å²) in [4.78, 5) is 31.9. The van der Waals surface area contributed by atoms with Crippen molar-refractivity contribution >= 4 is 35.0 Å². The van der Waals surface area contributed by atoms with Gasteiger partial charge in [-0.3, -0.25) is 4.79 Å². The van der Waals surface area contributed by atoms with Crippen molar-refractivity contribution in [3.8, 4) is 0 Å². The molecule has 138 valence electrons. The predicted octanol–water partition coefficient (Wildman–Crippen LogP) is 3.44. The predicted molar refractivity (Wildman–Crippen MR) is 99.9 cm³/mol. The van der Waals surface area contributed by atoms with Crippen LogP contribution >= 0.6 is 11.6 Å². The number of hydrogen-bond acceptors (Lipinski definition) is 6. The van der Waals surface area contributed by atoms with Crippen LogP contribution in [0.2, 0.25) is 5.02 Å². The summed E-state index contributed by atoms with van der Waals surface area (Å²) in [5.41, 5.74) is 1.07. The minimum Gasteiger partial charge on any atom is -0.465 e. The Hall–Kier alpha value is -2.67. The summed E-state index contributed by atoms with van der Waals surface area (Å²) in [6.45, 7) is 4.77. The van der Waals surface area contributed by atoms with E-state index < -0.39 is 5.97 Å². The van der Waals surface area contributed by atoms with Gasteiger partial charge in [0.15, 0.2) is 0 Å². The van der Waals surface area contributed by atoms with Crippen molar-refractivity contribution < 1.29 is 14.3 Å². The standard InChI is InChI=1S/C18H21ClN4O3/c1-11(2)6-7-20-17(24)15-9-22-16(10-21-15)23-14-8-12(18(25)26-3)4-5-13(14)19/h4-5,8-11H,6-7H2,1-3H3,(H,20,24)(H,22,23). The van der Waals surface area contributed by atoms with Crippen molar-refractivity contribution in [3.63, 3.8) is 0 Å². The molecular formula is C18H21ClN4O3. The average Bonchev–Trinajstić information content (AvgIpc) is 2.63. The van der Waals surface area contributed by atoms with Crippen molar-refractivity contribution in [2.75, 3.05) is 19.0 Å². The molecule has 0 radical (unpaired) electrons. The van der Waals surface area contributed by atoms with E-state index in [0.717, 1.165) is 6.42 Å². The lowest BCUT2D eigenvalue weighted by Gasteiger charge is -2.10. The van der Waals surface area contributed by atoms with E-state index in [1.807, 2.05) is 0 Å². The summed E-state index contributed by atoms with van der Waals surface area (Å²) in [7, 11) is 1.31. The van der Waals surface area contributed by atoms with Crippen molar-refractivity contribution in [1.82, 2.24) is 15.3 Å². The molecule has 0 aliphatic heterocycles. The molecule has 0 saturated heterocycles. The molecule has 1 amide bonds. The second-order valence-corrected chi connectivity index (χ2v) is 6.44. The van der Waals surface area contributed by atoms with E-state index in [9.17, 15) is 9.59 Å². The van der Waals surface area contributed by atoms with Gasteiger partial charge >= 0.3 is 5.97 Å². The van der Waals surface area contributed by atoms with Crippen LogP contribution in [0.3, 0.4) is 0 Å². The number of hydrogen-bond donors (Lipinski definition) is 2. The highest BCUT2D eigenvalue weighted by atomic mass is 35.5. The van der Waals surface area contributed by atoms with Crippen LogP contribution in [-0.4, -0.2) is 35.5 Å². The molecular weight excluding hydrogens is 356 g/mol. The molecule has 0 saturated carbocycles. The second kappa shape index (κ2) is 9.15. The molecule has 0 aliphatic rings. The number of aromatic nitrogens is 2. The summed E-state index contributed by atoms with van der Waals surface area (Å²) < 4.78 is 4.69. The summed E-state index contributed by atoms with van der Waals surface area (Å²) >= 11 is 6.13. The number of nitrogens with zero attached hydrogens (tertiary/aromatic N) is 2. The molecule has 0 fully saturated rings. The Morgan fingerprint density at radius 1 is 1.23 bits per heavy atom. The van der Waals surface area contributed by atoms with Crippen LogP contribution in [-0.2, 0) is 4.74 Å². The summed E-state index contributed by atoms with van der Waals surface area (Å²) in [6, 6.07) is 4.71. The highest BCUT2D eigenvalue weighted by Gasteiger charge is 2.11. The number of anilines is 2. The van der Waals surface area contributed by atoms with Gasteiger partial charge in [-0.15, -0.1) is 0 Å². The van der Waals surface area contributed by atoms with Gasteiger partial charge in [0.25, 0.3) is 5.91 Å². The largest absolute Gasteiger partial charge is 0.465 e. The van der Waals surface area contributed by atoms with Gasteiger partial charge in [0.2, 0.25) is 0 Å². The van der Waals surface area contributed by atoms with Gasteiger partial charge in [0.1, 0.15) is 11.5 Å². The Kier molecular flexibility index (Phi) is 6.91. The highest BCUT2D eigenvalue weighted by molar-refractivity contribution is 6.33. The normalized spacial score (nSPS) is 10.5. The average molecular weight is 377 g/mol. The Balaban J connectivity index is 2.05. The van der Waals surface area contributed by atoms with Gasteiger partial charge in [-0.2, -0.15) is 0 Å². The Morgan fingerprint density at radius 2 is 2.00 bits per heavy atom. The molecule has 0 atom stereocenters. The van der Waals surface area contributed by atoms with E-state index in [0.29, 0.717) is 34.6 Å². The maximum absolute atomic E-state index is 12.0. The first-order valence-electron chi connectivity index (χ1n) is 8.16. The van der Waals surface area contributed by atoms with Crippen molar-refractivity contribution in [3.05, 3.63) is 46.9 Å². The SMILES string of the molecule is COC(=O)c1ccc(Cl)c(Nc2cnc(C(=O)NCCC(C)C)cn2)c1. The van der Waals surface area contributed by atoms with Crippen LogP contribution < -0.4 is 10.6 Å². The molecule has 0 aliphatic carbocycles. The lowest BCUT2D eigenvalue weighted by atomic mass is 10.1. The highest BCUT2D eigenvalue weighted by Crippen LogP contribution is 2.26. The number of methoxy groups -OCH3 is 1.